The second-order valence-corrected chi connectivity index (χ2v) is 6.85. The second-order valence-electron chi connectivity index (χ2n) is 6.85. The minimum atomic E-state index is -0.400. The minimum absolute atomic E-state index is 0. The van der Waals surface area contributed by atoms with Crippen LogP contribution in [0.1, 0.15) is 22.3 Å². The van der Waals surface area contributed by atoms with E-state index < -0.39 is 5.82 Å². The largest absolute Gasteiger partial charge is 0.379 e. The molecule has 0 bridgehead atoms. The van der Waals surface area contributed by atoms with Crippen molar-refractivity contribution in [2.75, 3.05) is 33.4 Å². The van der Waals surface area contributed by atoms with Crippen molar-refractivity contribution in [2.45, 2.75) is 19.6 Å². The highest BCUT2D eigenvalue weighted by molar-refractivity contribution is 14.0. The zero-order valence-electron chi connectivity index (χ0n) is 17.0. The highest BCUT2D eigenvalue weighted by atomic mass is 127. The molecule has 3 rings (SSSR count). The number of nitrogens with one attached hydrogen (secondary N) is 2. The van der Waals surface area contributed by atoms with Crippen molar-refractivity contribution in [2.24, 2.45) is 4.99 Å². The van der Waals surface area contributed by atoms with Gasteiger partial charge in [0.1, 0.15) is 5.82 Å². The number of nitriles is 1. The summed E-state index contributed by atoms with van der Waals surface area (Å²) in [5.41, 5.74) is 3.27. The highest BCUT2D eigenvalue weighted by Gasteiger charge is 2.13. The Kier molecular flexibility index (Phi) is 10.00. The smallest absolute Gasteiger partial charge is 0.191 e. The van der Waals surface area contributed by atoms with Crippen molar-refractivity contribution >= 4 is 29.9 Å². The molecule has 0 unspecified atom stereocenters. The maximum absolute atomic E-state index is 14.1. The Morgan fingerprint density at radius 1 is 1.10 bits per heavy atom. The highest BCUT2D eigenvalue weighted by Crippen LogP contribution is 2.13. The summed E-state index contributed by atoms with van der Waals surface area (Å²) in [6, 6.07) is 14.7. The molecule has 0 atom stereocenters. The molecule has 1 aliphatic heterocycles. The predicted octanol–water partition coefficient (Wildman–Crippen LogP) is 3.01. The molecule has 160 valence electrons. The quantitative estimate of drug-likeness (QED) is 0.346. The van der Waals surface area contributed by atoms with Gasteiger partial charge in [-0.2, -0.15) is 5.26 Å². The zero-order chi connectivity index (χ0) is 20.5. The van der Waals surface area contributed by atoms with Gasteiger partial charge in [0.05, 0.1) is 24.8 Å². The van der Waals surface area contributed by atoms with Gasteiger partial charge in [0.25, 0.3) is 0 Å². The molecule has 0 aromatic heterocycles. The van der Waals surface area contributed by atoms with Crippen LogP contribution >= 0.6 is 24.0 Å². The summed E-state index contributed by atoms with van der Waals surface area (Å²) >= 11 is 0. The Bertz CT molecular complexity index is 893. The van der Waals surface area contributed by atoms with Crippen LogP contribution in [-0.4, -0.2) is 44.2 Å². The van der Waals surface area contributed by atoms with Gasteiger partial charge in [0, 0.05) is 45.3 Å². The average Bonchev–Trinajstić information content (AvgIpc) is 2.76. The first-order chi connectivity index (χ1) is 14.2. The third kappa shape index (κ3) is 6.93. The lowest BCUT2D eigenvalue weighted by molar-refractivity contribution is 0.0341. The third-order valence-electron chi connectivity index (χ3n) is 4.91. The van der Waals surface area contributed by atoms with E-state index in [1.807, 2.05) is 12.1 Å². The van der Waals surface area contributed by atoms with Crippen LogP contribution in [0.25, 0.3) is 0 Å². The van der Waals surface area contributed by atoms with Gasteiger partial charge in [0.2, 0.25) is 0 Å². The molecule has 0 spiro atoms. The van der Waals surface area contributed by atoms with E-state index in [-0.39, 0.29) is 30.5 Å². The number of hydrogen-bond acceptors (Lipinski definition) is 4. The molecule has 2 aromatic rings. The normalized spacial score (nSPS) is 14.5. The summed E-state index contributed by atoms with van der Waals surface area (Å²) in [6.07, 6.45) is 0. The predicted molar refractivity (Wildman–Crippen MR) is 126 cm³/mol. The van der Waals surface area contributed by atoms with Crippen LogP contribution < -0.4 is 10.6 Å². The molecule has 1 saturated heterocycles. The van der Waals surface area contributed by atoms with Gasteiger partial charge in [0.15, 0.2) is 5.96 Å². The average molecular weight is 523 g/mol. The third-order valence-corrected chi connectivity index (χ3v) is 4.91. The molecule has 0 aliphatic carbocycles. The van der Waals surface area contributed by atoms with E-state index in [1.54, 1.807) is 19.2 Å². The number of rotatable bonds is 6. The summed E-state index contributed by atoms with van der Waals surface area (Å²) in [5, 5.41) is 15.3. The van der Waals surface area contributed by atoms with E-state index in [1.165, 1.54) is 17.2 Å². The number of benzene rings is 2. The molecule has 1 heterocycles. The lowest BCUT2D eigenvalue weighted by atomic mass is 10.1. The fraction of sp³-hybridized carbons (Fsp3) is 0.364. The fourth-order valence-electron chi connectivity index (χ4n) is 3.22. The van der Waals surface area contributed by atoms with Crippen LogP contribution in [-0.2, 0) is 24.4 Å². The van der Waals surface area contributed by atoms with Crippen molar-refractivity contribution in [1.82, 2.24) is 15.5 Å². The molecule has 1 aliphatic rings. The van der Waals surface area contributed by atoms with Gasteiger partial charge < -0.3 is 15.4 Å². The number of hydrogen-bond donors (Lipinski definition) is 2. The van der Waals surface area contributed by atoms with Crippen LogP contribution in [0.3, 0.4) is 0 Å². The van der Waals surface area contributed by atoms with Crippen molar-refractivity contribution in [1.29, 1.82) is 5.26 Å². The van der Waals surface area contributed by atoms with Gasteiger partial charge in [-0.05, 0) is 23.3 Å². The molecule has 1 fully saturated rings. The van der Waals surface area contributed by atoms with E-state index >= 15 is 0 Å². The number of nitrogens with zero attached hydrogens (tertiary/aromatic N) is 3. The fourth-order valence-corrected chi connectivity index (χ4v) is 3.22. The first-order valence-electron chi connectivity index (χ1n) is 9.69. The number of morpholine rings is 1. The first kappa shape index (κ1) is 24.1. The summed E-state index contributed by atoms with van der Waals surface area (Å²) in [5.74, 6) is 0.192. The Labute approximate surface area is 194 Å². The first-order valence-corrected chi connectivity index (χ1v) is 9.69. The molecular weight excluding hydrogens is 496 g/mol. The van der Waals surface area contributed by atoms with Crippen molar-refractivity contribution in [3.05, 3.63) is 70.5 Å². The van der Waals surface area contributed by atoms with Gasteiger partial charge in [-0.1, -0.05) is 30.3 Å². The molecule has 2 aromatic carbocycles. The van der Waals surface area contributed by atoms with Crippen molar-refractivity contribution < 1.29 is 9.13 Å². The minimum Gasteiger partial charge on any atom is -0.379 e. The van der Waals surface area contributed by atoms with Crippen LogP contribution in [0.2, 0.25) is 0 Å². The topological polar surface area (TPSA) is 72.7 Å². The Balaban J connectivity index is 0.00000320. The van der Waals surface area contributed by atoms with E-state index in [2.05, 4.69) is 38.7 Å². The van der Waals surface area contributed by atoms with E-state index in [0.29, 0.717) is 23.6 Å². The molecule has 0 saturated carbocycles. The number of halogens is 2. The Morgan fingerprint density at radius 3 is 2.40 bits per heavy atom. The SMILES string of the molecule is CN=C(NCc1ccc(C#N)cc1F)NCc1ccccc1CN1CCOCC1.I. The molecule has 30 heavy (non-hydrogen) atoms. The summed E-state index contributed by atoms with van der Waals surface area (Å²) in [7, 11) is 1.68. The Hall–Kier alpha value is -2.22. The van der Waals surface area contributed by atoms with E-state index in [0.717, 1.165) is 32.8 Å². The molecule has 0 radical (unpaired) electrons. The maximum atomic E-state index is 14.1. The van der Waals surface area contributed by atoms with Gasteiger partial charge in [-0.25, -0.2) is 4.39 Å². The van der Waals surface area contributed by atoms with Gasteiger partial charge in [-0.15, -0.1) is 24.0 Å². The summed E-state index contributed by atoms with van der Waals surface area (Å²) < 4.78 is 19.5. The molecule has 0 amide bonds. The lowest BCUT2D eigenvalue weighted by Gasteiger charge is -2.27. The second kappa shape index (κ2) is 12.5. The van der Waals surface area contributed by atoms with Crippen LogP contribution in [0.15, 0.2) is 47.5 Å². The van der Waals surface area contributed by atoms with E-state index in [9.17, 15) is 4.39 Å². The standard InChI is InChI=1S/C22H26FN5O.HI/c1-25-22(27-15-19-7-6-17(13-24)12-21(19)23)26-14-18-4-2-3-5-20(18)16-28-8-10-29-11-9-28;/h2-7,12H,8-11,14-16H2,1H3,(H2,25,26,27);1H. The van der Waals surface area contributed by atoms with Crippen LogP contribution in [0.4, 0.5) is 4.39 Å². The number of guanidine groups is 1. The maximum Gasteiger partial charge on any atom is 0.191 e. The van der Waals surface area contributed by atoms with Gasteiger partial charge >= 0.3 is 0 Å². The summed E-state index contributed by atoms with van der Waals surface area (Å²) in [4.78, 5) is 6.61. The number of ether oxygens (including phenoxy) is 1. The van der Waals surface area contributed by atoms with Crippen LogP contribution in [0.5, 0.6) is 0 Å². The molecule has 6 nitrogen and oxygen atoms in total. The van der Waals surface area contributed by atoms with Gasteiger partial charge in [-0.3, -0.25) is 9.89 Å². The zero-order valence-corrected chi connectivity index (χ0v) is 19.4. The van der Waals surface area contributed by atoms with E-state index in [4.69, 9.17) is 10.00 Å². The van der Waals surface area contributed by atoms with Crippen molar-refractivity contribution in [3.63, 3.8) is 0 Å². The molecule has 8 heteroatoms. The molecular formula is C22H27FIN5O. The van der Waals surface area contributed by atoms with Crippen molar-refractivity contribution in [3.8, 4) is 6.07 Å². The molecule has 2 N–H and O–H groups in total. The monoisotopic (exact) mass is 523 g/mol. The Morgan fingerprint density at radius 2 is 1.77 bits per heavy atom. The summed E-state index contributed by atoms with van der Waals surface area (Å²) in [6.45, 7) is 5.25. The lowest BCUT2D eigenvalue weighted by Crippen LogP contribution is -2.37. The van der Waals surface area contributed by atoms with Crippen LogP contribution in [0, 0.1) is 17.1 Å². The number of aliphatic imine (C=N–C) groups is 1.